The Morgan fingerprint density at radius 3 is 2.10 bits per heavy atom. The van der Waals surface area contributed by atoms with Gasteiger partial charge in [0, 0.05) is 19.1 Å². The van der Waals surface area contributed by atoms with E-state index in [2.05, 4.69) is 24.1 Å². The summed E-state index contributed by atoms with van der Waals surface area (Å²) in [5, 5.41) is 3.87. The van der Waals surface area contributed by atoms with E-state index in [9.17, 15) is 0 Å². The lowest BCUT2D eigenvalue weighted by Gasteiger charge is -2.43. The molecule has 3 fully saturated rings. The number of nitrogens with zero attached hydrogens (tertiary/aromatic N) is 1. The van der Waals surface area contributed by atoms with Crippen LogP contribution in [0.5, 0.6) is 0 Å². The first-order chi connectivity index (χ1) is 10.1. The molecule has 2 nitrogen and oxygen atoms in total. The molecule has 0 radical (unpaired) electrons. The summed E-state index contributed by atoms with van der Waals surface area (Å²) < 4.78 is 0. The van der Waals surface area contributed by atoms with Crippen LogP contribution in [-0.4, -0.2) is 37.1 Å². The summed E-state index contributed by atoms with van der Waals surface area (Å²) in [6, 6.07) is 0.866. The number of piperidine rings is 1. The van der Waals surface area contributed by atoms with Crippen LogP contribution in [-0.2, 0) is 0 Å². The Morgan fingerprint density at radius 2 is 1.52 bits per heavy atom. The van der Waals surface area contributed by atoms with E-state index in [0.29, 0.717) is 10.8 Å². The Balaban J connectivity index is 1.57. The maximum Gasteiger partial charge on any atom is 0.00684 e. The second-order valence-electron chi connectivity index (χ2n) is 9.01. The molecule has 0 aromatic rings. The smallest absolute Gasteiger partial charge is 0.00684 e. The minimum absolute atomic E-state index is 0.583. The average molecular weight is 293 g/mol. The standard InChI is InChI=1S/C19H36N2/c1-18(2)11-13-21(14-12-18)16-19(15-20-17-7-8-17)9-5-3-4-6-10-19/h17,20H,3-16H2,1-2H3. The Kier molecular flexibility index (Phi) is 4.95. The highest BCUT2D eigenvalue weighted by Crippen LogP contribution is 2.38. The molecule has 2 aliphatic carbocycles. The van der Waals surface area contributed by atoms with Crippen LogP contribution in [0.4, 0.5) is 0 Å². The molecule has 1 heterocycles. The first-order valence-corrected chi connectivity index (χ1v) is 9.53. The minimum Gasteiger partial charge on any atom is -0.313 e. The molecule has 0 unspecified atom stereocenters. The van der Waals surface area contributed by atoms with Gasteiger partial charge in [0.1, 0.15) is 0 Å². The fraction of sp³-hybridized carbons (Fsp3) is 1.00. The predicted octanol–water partition coefficient (Wildman–Crippen LogP) is 4.20. The van der Waals surface area contributed by atoms with Gasteiger partial charge in [-0.1, -0.05) is 39.5 Å². The van der Waals surface area contributed by atoms with Crippen molar-refractivity contribution >= 4 is 0 Å². The topological polar surface area (TPSA) is 15.3 Å². The Labute approximate surface area is 132 Å². The highest BCUT2D eigenvalue weighted by atomic mass is 15.1. The van der Waals surface area contributed by atoms with Crippen LogP contribution < -0.4 is 5.32 Å². The van der Waals surface area contributed by atoms with Gasteiger partial charge in [0.2, 0.25) is 0 Å². The highest BCUT2D eigenvalue weighted by Gasteiger charge is 2.36. The number of hydrogen-bond donors (Lipinski definition) is 1. The molecule has 0 atom stereocenters. The molecule has 0 spiro atoms. The van der Waals surface area contributed by atoms with Gasteiger partial charge in [-0.2, -0.15) is 0 Å². The van der Waals surface area contributed by atoms with Gasteiger partial charge in [-0.05, 0) is 62.4 Å². The van der Waals surface area contributed by atoms with Crippen LogP contribution in [0.2, 0.25) is 0 Å². The molecular formula is C19H36N2. The lowest BCUT2D eigenvalue weighted by molar-refractivity contribution is 0.0719. The summed E-state index contributed by atoms with van der Waals surface area (Å²) in [6.45, 7) is 10.2. The molecule has 0 amide bonds. The molecule has 0 aromatic heterocycles. The predicted molar refractivity (Wildman–Crippen MR) is 90.6 cm³/mol. The van der Waals surface area contributed by atoms with E-state index in [1.807, 2.05) is 0 Å². The van der Waals surface area contributed by atoms with Crippen molar-refractivity contribution in [3.05, 3.63) is 0 Å². The van der Waals surface area contributed by atoms with Gasteiger partial charge in [0.05, 0.1) is 0 Å². The molecule has 1 aliphatic heterocycles. The number of rotatable bonds is 5. The van der Waals surface area contributed by atoms with E-state index in [-0.39, 0.29) is 0 Å². The molecule has 1 saturated heterocycles. The zero-order valence-electron chi connectivity index (χ0n) is 14.4. The Morgan fingerprint density at radius 1 is 0.905 bits per heavy atom. The van der Waals surface area contributed by atoms with Gasteiger partial charge >= 0.3 is 0 Å². The van der Waals surface area contributed by atoms with Crippen LogP contribution in [0, 0.1) is 10.8 Å². The quantitative estimate of drug-likeness (QED) is 0.764. The average Bonchev–Trinajstić information content (AvgIpc) is 3.27. The molecular weight excluding hydrogens is 256 g/mol. The van der Waals surface area contributed by atoms with Gasteiger partial charge in [0.15, 0.2) is 0 Å². The molecule has 2 heteroatoms. The van der Waals surface area contributed by atoms with Crippen molar-refractivity contribution in [1.82, 2.24) is 10.2 Å². The van der Waals surface area contributed by atoms with Gasteiger partial charge in [-0.3, -0.25) is 0 Å². The number of likely N-dealkylation sites (tertiary alicyclic amines) is 1. The fourth-order valence-electron chi connectivity index (χ4n) is 4.31. The Hall–Kier alpha value is -0.0800. The molecule has 2 saturated carbocycles. The molecule has 1 N–H and O–H groups in total. The zero-order chi connectivity index (χ0) is 14.8. The van der Waals surface area contributed by atoms with Crippen molar-refractivity contribution in [1.29, 1.82) is 0 Å². The lowest BCUT2D eigenvalue weighted by atomic mass is 9.77. The molecule has 122 valence electrons. The Bertz CT molecular complexity index is 314. The van der Waals surface area contributed by atoms with Gasteiger partial charge in [0.25, 0.3) is 0 Å². The zero-order valence-corrected chi connectivity index (χ0v) is 14.4. The van der Waals surface area contributed by atoms with E-state index < -0.39 is 0 Å². The van der Waals surface area contributed by atoms with Crippen LogP contribution in [0.25, 0.3) is 0 Å². The molecule has 3 rings (SSSR count). The van der Waals surface area contributed by atoms with Crippen molar-refractivity contribution in [3.63, 3.8) is 0 Å². The fourth-order valence-corrected chi connectivity index (χ4v) is 4.31. The third-order valence-electron chi connectivity index (χ3n) is 6.28. The van der Waals surface area contributed by atoms with Crippen molar-refractivity contribution in [2.45, 2.75) is 84.1 Å². The van der Waals surface area contributed by atoms with E-state index in [4.69, 9.17) is 0 Å². The third kappa shape index (κ3) is 4.69. The normalized spacial score (nSPS) is 30.0. The van der Waals surface area contributed by atoms with Crippen molar-refractivity contribution < 1.29 is 0 Å². The van der Waals surface area contributed by atoms with Crippen molar-refractivity contribution in [2.24, 2.45) is 10.8 Å². The number of hydrogen-bond acceptors (Lipinski definition) is 2. The largest absolute Gasteiger partial charge is 0.313 e. The molecule has 0 bridgehead atoms. The summed E-state index contributed by atoms with van der Waals surface area (Å²) >= 11 is 0. The van der Waals surface area contributed by atoms with E-state index in [1.165, 1.54) is 90.4 Å². The van der Waals surface area contributed by atoms with Gasteiger partial charge in [-0.25, -0.2) is 0 Å². The maximum atomic E-state index is 3.87. The minimum atomic E-state index is 0.583. The van der Waals surface area contributed by atoms with Crippen LogP contribution in [0.15, 0.2) is 0 Å². The molecule has 0 aromatic carbocycles. The monoisotopic (exact) mass is 292 g/mol. The second kappa shape index (κ2) is 6.58. The first kappa shape index (κ1) is 15.8. The third-order valence-corrected chi connectivity index (χ3v) is 6.28. The summed E-state index contributed by atoms with van der Waals surface area (Å²) in [6.07, 6.45) is 14.4. The summed E-state index contributed by atoms with van der Waals surface area (Å²) in [5.41, 5.74) is 1.17. The van der Waals surface area contributed by atoms with Crippen LogP contribution in [0.1, 0.15) is 78.1 Å². The lowest BCUT2D eigenvalue weighted by Crippen LogP contribution is -2.48. The summed E-state index contributed by atoms with van der Waals surface area (Å²) in [5.74, 6) is 0. The van der Waals surface area contributed by atoms with E-state index in [1.54, 1.807) is 0 Å². The van der Waals surface area contributed by atoms with Crippen molar-refractivity contribution in [3.8, 4) is 0 Å². The van der Waals surface area contributed by atoms with Gasteiger partial charge in [-0.15, -0.1) is 0 Å². The highest BCUT2D eigenvalue weighted by molar-refractivity contribution is 4.92. The summed E-state index contributed by atoms with van der Waals surface area (Å²) in [7, 11) is 0. The van der Waals surface area contributed by atoms with E-state index >= 15 is 0 Å². The van der Waals surface area contributed by atoms with Gasteiger partial charge < -0.3 is 10.2 Å². The van der Waals surface area contributed by atoms with Crippen LogP contribution in [0.3, 0.4) is 0 Å². The van der Waals surface area contributed by atoms with E-state index in [0.717, 1.165) is 6.04 Å². The van der Waals surface area contributed by atoms with Crippen molar-refractivity contribution in [2.75, 3.05) is 26.2 Å². The first-order valence-electron chi connectivity index (χ1n) is 9.53. The van der Waals surface area contributed by atoms with Crippen LogP contribution >= 0.6 is 0 Å². The maximum absolute atomic E-state index is 3.87. The number of nitrogens with one attached hydrogen (secondary N) is 1. The molecule has 21 heavy (non-hydrogen) atoms. The summed E-state index contributed by atoms with van der Waals surface area (Å²) in [4.78, 5) is 2.80. The molecule has 3 aliphatic rings. The SMILES string of the molecule is CC1(C)CCN(CC2(CNC3CC3)CCCCCC2)CC1. The second-order valence-corrected chi connectivity index (χ2v) is 9.01.